The average Bonchev–Trinajstić information content (AvgIpc) is 2.93. The van der Waals surface area contributed by atoms with E-state index in [4.69, 9.17) is 5.73 Å². The normalized spacial score (nSPS) is 10.4. The summed E-state index contributed by atoms with van der Waals surface area (Å²) in [7, 11) is 5.47. The van der Waals surface area contributed by atoms with Crippen molar-refractivity contribution < 1.29 is 14.3 Å². The fraction of sp³-hybridized carbons (Fsp3) is 0.600. The second-order valence-electron chi connectivity index (χ2n) is 7.21. The first-order chi connectivity index (χ1) is 12.1. The lowest BCUT2D eigenvalue weighted by Crippen LogP contribution is -2.12. The van der Waals surface area contributed by atoms with Crippen molar-refractivity contribution in [2.75, 3.05) is 33.5 Å². The number of aldehydes is 1. The molecule has 0 aromatic carbocycles. The van der Waals surface area contributed by atoms with Gasteiger partial charge in [-0.25, -0.2) is 4.79 Å². The molecule has 1 heterocycles. The number of nitrogen functional groups attached to an aromatic ring is 1. The van der Waals surface area contributed by atoms with Gasteiger partial charge in [-0.1, -0.05) is 18.3 Å². The summed E-state index contributed by atoms with van der Waals surface area (Å²) in [6, 6.07) is 1.70. The van der Waals surface area contributed by atoms with Crippen molar-refractivity contribution in [1.29, 1.82) is 0 Å². The van der Waals surface area contributed by atoms with E-state index in [1.165, 1.54) is 31.3 Å². The number of carbonyl (C=O) groups excluding carboxylic acids is 2. The second-order valence-corrected chi connectivity index (χ2v) is 8.26. The molecular formula is C20H32N2O3S. The van der Waals surface area contributed by atoms with Crippen LogP contribution in [0.3, 0.4) is 0 Å². The third-order valence-corrected chi connectivity index (χ3v) is 4.17. The molecule has 2 N–H and O–H groups in total. The lowest BCUT2D eigenvalue weighted by molar-refractivity contribution is -0.107. The van der Waals surface area contributed by atoms with E-state index in [-0.39, 0.29) is 5.41 Å². The Morgan fingerprint density at radius 3 is 2.46 bits per heavy atom. The van der Waals surface area contributed by atoms with Gasteiger partial charge >= 0.3 is 5.97 Å². The van der Waals surface area contributed by atoms with E-state index >= 15 is 0 Å². The van der Waals surface area contributed by atoms with E-state index in [9.17, 15) is 9.59 Å². The molecular weight excluding hydrogens is 348 g/mol. The maximum absolute atomic E-state index is 11.3. The van der Waals surface area contributed by atoms with Gasteiger partial charge in [0.15, 0.2) is 0 Å². The molecule has 0 aliphatic heterocycles. The molecule has 26 heavy (non-hydrogen) atoms. The Bertz CT molecular complexity index is 619. The van der Waals surface area contributed by atoms with E-state index in [1.807, 2.05) is 20.8 Å². The number of nitrogens with zero attached hydrogens (tertiary/aromatic N) is 1. The molecule has 0 atom stereocenters. The van der Waals surface area contributed by atoms with Crippen molar-refractivity contribution in [2.45, 2.75) is 46.5 Å². The number of methoxy groups -OCH3 is 1. The standard InChI is InChI=1S/C12H15NO2S.C8H17NO/c1-12(2,3)6-5-8-7-9(13)10(16-8)11(14)15-4;1-9(2)7-5-3-4-6-8-10/h7H,13H2,1-4H3;8H,3-7H2,1-2H3. The number of thiophene rings is 1. The molecule has 0 radical (unpaired) electrons. The highest BCUT2D eigenvalue weighted by Gasteiger charge is 2.14. The van der Waals surface area contributed by atoms with Gasteiger partial charge in [-0.2, -0.15) is 0 Å². The topological polar surface area (TPSA) is 72.6 Å². The van der Waals surface area contributed by atoms with Crippen LogP contribution < -0.4 is 5.73 Å². The van der Waals surface area contributed by atoms with Crippen molar-refractivity contribution in [2.24, 2.45) is 5.41 Å². The Morgan fingerprint density at radius 2 is 1.96 bits per heavy atom. The first kappa shape index (κ1) is 24.2. The van der Waals surface area contributed by atoms with Crippen molar-refractivity contribution in [3.05, 3.63) is 15.8 Å². The molecule has 6 heteroatoms. The number of carbonyl (C=O) groups is 2. The molecule has 0 spiro atoms. The van der Waals surface area contributed by atoms with Gasteiger partial charge in [-0.3, -0.25) is 0 Å². The monoisotopic (exact) mass is 380 g/mol. The molecule has 1 aromatic heterocycles. The summed E-state index contributed by atoms with van der Waals surface area (Å²) in [5.74, 6) is 5.68. The first-order valence-electron chi connectivity index (χ1n) is 8.70. The summed E-state index contributed by atoms with van der Waals surface area (Å²) < 4.78 is 4.62. The van der Waals surface area contributed by atoms with Crippen molar-refractivity contribution >= 4 is 29.3 Å². The summed E-state index contributed by atoms with van der Waals surface area (Å²) >= 11 is 1.26. The Labute approximate surface area is 161 Å². The lowest BCUT2D eigenvalue weighted by Gasteiger charge is -2.07. The zero-order valence-corrected chi connectivity index (χ0v) is 17.7. The molecule has 0 unspecified atom stereocenters. The molecule has 0 bridgehead atoms. The highest BCUT2D eigenvalue weighted by atomic mass is 32.1. The van der Waals surface area contributed by atoms with Gasteiger partial charge in [0.1, 0.15) is 11.2 Å². The van der Waals surface area contributed by atoms with Gasteiger partial charge in [0.2, 0.25) is 0 Å². The Hall–Kier alpha value is -1.84. The summed E-state index contributed by atoms with van der Waals surface area (Å²) in [5, 5.41) is 0. The fourth-order valence-corrected chi connectivity index (χ4v) is 2.65. The minimum absolute atomic E-state index is 0.0653. The maximum atomic E-state index is 11.3. The number of rotatable bonds is 7. The minimum Gasteiger partial charge on any atom is -0.465 e. The predicted molar refractivity (Wildman–Crippen MR) is 109 cm³/mol. The SMILES string of the molecule is CN(C)CCCCCC=O.COC(=O)c1sc(C#CC(C)(C)C)cc1N. The molecule has 0 saturated heterocycles. The molecule has 0 saturated carbocycles. The molecule has 0 fully saturated rings. The zero-order chi connectivity index (χ0) is 20.2. The number of hydrogen-bond acceptors (Lipinski definition) is 6. The zero-order valence-electron chi connectivity index (χ0n) is 16.8. The quantitative estimate of drug-likeness (QED) is 0.337. The Morgan fingerprint density at radius 1 is 1.31 bits per heavy atom. The molecule has 1 aromatic rings. The molecule has 0 amide bonds. The number of ether oxygens (including phenoxy) is 1. The third kappa shape index (κ3) is 11.7. The predicted octanol–water partition coefficient (Wildman–Crippen LogP) is 3.82. The van der Waals surface area contributed by atoms with Gasteiger partial charge in [-0.15, -0.1) is 11.3 Å². The van der Waals surface area contributed by atoms with Gasteiger partial charge < -0.3 is 20.2 Å². The van der Waals surface area contributed by atoms with Gasteiger partial charge in [0.25, 0.3) is 0 Å². The number of anilines is 1. The van der Waals surface area contributed by atoms with Crippen LogP contribution in [0.2, 0.25) is 0 Å². The number of unbranched alkanes of at least 4 members (excludes halogenated alkanes) is 3. The van der Waals surface area contributed by atoms with Crippen LogP contribution in [0.15, 0.2) is 6.07 Å². The maximum Gasteiger partial charge on any atom is 0.350 e. The summed E-state index contributed by atoms with van der Waals surface area (Å²) in [5.41, 5.74) is 6.06. The van der Waals surface area contributed by atoms with Crippen molar-refractivity contribution in [3.8, 4) is 11.8 Å². The van der Waals surface area contributed by atoms with Crippen LogP contribution in [0.1, 0.15) is 61.0 Å². The summed E-state index contributed by atoms with van der Waals surface area (Å²) in [4.78, 5) is 24.6. The summed E-state index contributed by atoms with van der Waals surface area (Å²) in [6.07, 6.45) is 5.16. The molecule has 5 nitrogen and oxygen atoms in total. The first-order valence-corrected chi connectivity index (χ1v) is 9.51. The van der Waals surface area contributed by atoms with E-state index in [2.05, 4.69) is 35.6 Å². The van der Waals surface area contributed by atoms with Crippen LogP contribution >= 0.6 is 11.3 Å². The van der Waals surface area contributed by atoms with E-state index in [0.29, 0.717) is 10.6 Å². The van der Waals surface area contributed by atoms with Crippen LogP contribution in [0, 0.1) is 17.3 Å². The van der Waals surface area contributed by atoms with Gasteiger partial charge in [-0.05, 0) is 60.3 Å². The summed E-state index contributed by atoms with van der Waals surface area (Å²) in [6.45, 7) is 7.22. The Kier molecular flexibility index (Phi) is 11.6. The Balaban J connectivity index is 0.000000541. The number of esters is 1. The molecule has 146 valence electrons. The minimum atomic E-state index is -0.411. The van der Waals surface area contributed by atoms with Gasteiger partial charge in [0.05, 0.1) is 17.7 Å². The van der Waals surface area contributed by atoms with Crippen LogP contribution in [-0.4, -0.2) is 44.9 Å². The fourth-order valence-electron chi connectivity index (χ4n) is 1.80. The third-order valence-electron chi connectivity index (χ3n) is 3.12. The molecule has 1 rings (SSSR count). The highest BCUT2D eigenvalue weighted by Crippen LogP contribution is 2.25. The lowest BCUT2D eigenvalue weighted by atomic mass is 9.98. The second kappa shape index (κ2) is 12.5. The van der Waals surface area contributed by atoms with E-state index in [0.717, 1.165) is 30.5 Å². The molecule has 0 aliphatic rings. The van der Waals surface area contributed by atoms with E-state index < -0.39 is 5.97 Å². The van der Waals surface area contributed by atoms with E-state index in [1.54, 1.807) is 6.07 Å². The number of hydrogen-bond donors (Lipinski definition) is 1. The number of nitrogens with two attached hydrogens (primary N) is 1. The highest BCUT2D eigenvalue weighted by molar-refractivity contribution is 7.15. The van der Waals surface area contributed by atoms with Crippen molar-refractivity contribution in [3.63, 3.8) is 0 Å². The largest absolute Gasteiger partial charge is 0.465 e. The smallest absolute Gasteiger partial charge is 0.350 e. The average molecular weight is 381 g/mol. The molecule has 0 aliphatic carbocycles. The van der Waals surface area contributed by atoms with Crippen LogP contribution in [0.4, 0.5) is 5.69 Å². The van der Waals surface area contributed by atoms with Crippen LogP contribution in [0.25, 0.3) is 0 Å². The van der Waals surface area contributed by atoms with Crippen LogP contribution in [0.5, 0.6) is 0 Å². The van der Waals surface area contributed by atoms with Crippen molar-refractivity contribution in [1.82, 2.24) is 4.90 Å². The van der Waals surface area contributed by atoms with Crippen LogP contribution in [-0.2, 0) is 9.53 Å². The van der Waals surface area contributed by atoms with Gasteiger partial charge in [0, 0.05) is 11.8 Å².